The van der Waals surface area contributed by atoms with Crippen LogP contribution < -0.4 is 4.74 Å². The molecule has 0 bridgehead atoms. The second-order valence-electron chi connectivity index (χ2n) is 3.97. The zero-order chi connectivity index (χ0) is 12.4. The summed E-state index contributed by atoms with van der Waals surface area (Å²) in [6.45, 7) is 3.28. The van der Waals surface area contributed by atoms with E-state index in [-0.39, 0.29) is 5.78 Å². The number of ketones is 1. The van der Waals surface area contributed by atoms with E-state index in [1.165, 1.54) is 6.92 Å². The minimum Gasteiger partial charge on any atom is -0.482 e. The molecule has 17 heavy (non-hydrogen) atoms. The number of hydrogen-bond donors (Lipinski definition) is 0. The molecule has 88 valence electrons. The third-order valence-electron chi connectivity index (χ3n) is 2.70. The van der Waals surface area contributed by atoms with Gasteiger partial charge in [-0.2, -0.15) is 0 Å². The van der Waals surface area contributed by atoms with Crippen molar-refractivity contribution in [3.63, 3.8) is 0 Å². The highest BCUT2D eigenvalue weighted by Gasteiger charge is 2.12. The summed E-state index contributed by atoms with van der Waals surface area (Å²) < 4.78 is 6.51. The number of Topliss-reactive ketones (excluding diaryl/α,β-unsaturated/α-hetero) is 1. The molecule has 0 saturated heterocycles. The molecular formula is C14H13BrO2. The quantitative estimate of drug-likeness (QED) is 0.856. The van der Waals surface area contributed by atoms with Gasteiger partial charge in [0.05, 0.1) is 4.47 Å². The third-order valence-corrected chi connectivity index (χ3v) is 3.52. The van der Waals surface area contributed by atoms with Gasteiger partial charge in [-0.25, -0.2) is 0 Å². The molecule has 0 radical (unpaired) electrons. The van der Waals surface area contributed by atoms with Gasteiger partial charge in [0.25, 0.3) is 0 Å². The maximum Gasteiger partial charge on any atom is 0.169 e. The second-order valence-corrected chi connectivity index (χ2v) is 4.76. The Kier molecular flexibility index (Phi) is 3.48. The van der Waals surface area contributed by atoms with E-state index in [1.54, 1.807) is 6.92 Å². The molecule has 0 spiro atoms. The number of hydrogen-bond acceptors (Lipinski definition) is 2. The molecule has 0 unspecified atom stereocenters. The summed E-state index contributed by atoms with van der Waals surface area (Å²) in [4.78, 5) is 11.2. The van der Waals surface area contributed by atoms with E-state index in [2.05, 4.69) is 15.9 Å². The molecule has 1 atom stereocenters. The van der Waals surface area contributed by atoms with Crippen LogP contribution in [0.2, 0.25) is 0 Å². The number of fused-ring (bicyclic) bond motifs is 1. The van der Waals surface area contributed by atoms with Crippen LogP contribution in [0.1, 0.15) is 13.8 Å². The summed E-state index contributed by atoms with van der Waals surface area (Å²) in [6.07, 6.45) is -0.424. The first kappa shape index (κ1) is 12.1. The van der Waals surface area contributed by atoms with Crippen LogP contribution in [0.3, 0.4) is 0 Å². The number of halogens is 1. The van der Waals surface area contributed by atoms with Crippen molar-refractivity contribution in [2.45, 2.75) is 20.0 Å². The smallest absolute Gasteiger partial charge is 0.169 e. The van der Waals surface area contributed by atoms with Gasteiger partial charge < -0.3 is 4.74 Å². The van der Waals surface area contributed by atoms with Crippen LogP contribution in [0, 0.1) is 0 Å². The first-order chi connectivity index (χ1) is 8.09. The highest BCUT2D eigenvalue weighted by atomic mass is 79.9. The second kappa shape index (κ2) is 4.88. The molecule has 0 amide bonds. The van der Waals surface area contributed by atoms with Crippen LogP contribution in [0.15, 0.2) is 40.9 Å². The van der Waals surface area contributed by atoms with E-state index in [4.69, 9.17) is 4.74 Å². The monoisotopic (exact) mass is 292 g/mol. The summed E-state index contributed by atoms with van der Waals surface area (Å²) in [6, 6.07) is 11.9. The summed E-state index contributed by atoms with van der Waals surface area (Å²) in [7, 11) is 0. The third kappa shape index (κ3) is 2.50. The van der Waals surface area contributed by atoms with Gasteiger partial charge in [0.2, 0.25) is 0 Å². The zero-order valence-corrected chi connectivity index (χ0v) is 11.3. The van der Waals surface area contributed by atoms with Crippen LogP contribution in [0.25, 0.3) is 10.8 Å². The van der Waals surface area contributed by atoms with Crippen molar-refractivity contribution in [2.75, 3.05) is 0 Å². The Morgan fingerprint density at radius 3 is 2.65 bits per heavy atom. The number of benzene rings is 2. The maximum atomic E-state index is 11.2. The topological polar surface area (TPSA) is 26.3 Å². The van der Waals surface area contributed by atoms with E-state index in [0.717, 1.165) is 15.2 Å². The first-order valence-electron chi connectivity index (χ1n) is 5.44. The minimum absolute atomic E-state index is 0.0186. The molecule has 0 heterocycles. The van der Waals surface area contributed by atoms with Gasteiger partial charge in [0, 0.05) is 0 Å². The summed E-state index contributed by atoms with van der Waals surface area (Å²) in [5.41, 5.74) is 0. The molecule has 0 aliphatic rings. The van der Waals surface area contributed by atoms with Gasteiger partial charge in [-0.05, 0) is 46.6 Å². The lowest BCUT2D eigenvalue weighted by Crippen LogP contribution is -2.20. The summed E-state index contributed by atoms with van der Waals surface area (Å²) >= 11 is 3.52. The van der Waals surface area contributed by atoms with E-state index >= 15 is 0 Å². The molecule has 0 saturated carbocycles. The lowest BCUT2D eigenvalue weighted by Gasteiger charge is -2.14. The normalized spacial score (nSPS) is 12.4. The van der Waals surface area contributed by atoms with Crippen LogP contribution in [-0.2, 0) is 4.79 Å². The van der Waals surface area contributed by atoms with Crippen molar-refractivity contribution in [3.8, 4) is 5.75 Å². The van der Waals surface area contributed by atoms with Crippen LogP contribution in [-0.4, -0.2) is 11.9 Å². The Morgan fingerprint density at radius 2 is 1.94 bits per heavy atom. The average Bonchev–Trinajstić information content (AvgIpc) is 2.33. The fourth-order valence-corrected chi connectivity index (χ4v) is 2.16. The highest BCUT2D eigenvalue weighted by molar-refractivity contribution is 9.10. The van der Waals surface area contributed by atoms with E-state index in [0.29, 0.717) is 5.75 Å². The zero-order valence-electron chi connectivity index (χ0n) is 9.74. The SMILES string of the molecule is CC(=O)[C@@H](C)Oc1ccc2ccccc2c1Br. The van der Waals surface area contributed by atoms with Crippen molar-refractivity contribution in [1.29, 1.82) is 0 Å². The Bertz CT molecular complexity index is 563. The maximum absolute atomic E-state index is 11.2. The average molecular weight is 293 g/mol. The number of ether oxygens (including phenoxy) is 1. The Hall–Kier alpha value is -1.35. The van der Waals surface area contributed by atoms with Gasteiger partial charge in [0.15, 0.2) is 11.9 Å². The van der Waals surface area contributed by atoms with Gasteiger partial charge in [-0.1, -0.05) is 30.3 Å². The Labute approximate surface area is 109 Å². The standard InChI is InChI=1S/C14H13BrO2/c1-9(16)10(2)17-13-8-7-11-5-3-4-6-12(11)14(13)15/h3-8,10H,1-2H3/t10-/m1/s1. The highest BCUT2D eigenvalue weighted by Crippen LogP contribution is 2.33. The van der Waals surface area contributed by atoms with Crippen molar-refractivity contribution < 1.29 is 9.53 Å². The molecule has 2 nitrogen and oxygen atoms in total. The molecule has 3 heteroatoms. The molecule has 0 fully saturated rings. The van der Waals surface area contributed by atoms with E-state index in [9.17, 15) is 4.79 Å². The fourth-order valence-electron chi connectivity index (χ4n) is 1.58. The molecule has 0 N–H and O–H groups in total. The fraction of sp³-hybridized carbons (Fsp3) is 0.214. The largest absolute Gasteiger partial charge is 0.482 e. The molecular weight excluding hydrogens is 280 g/mol. The number of rotatable bonds is 3. The lowest BCUT2D eigenvalue weighted by molar-refractivity contribution is -0.122. The van der Waals surface area contributed by atoms with Crippen molar-refractivity contribution in [2.24, 2.45) is 0 Å². The Balaban J connectivity index is 2.42. The minimum atomic E-state index is -0.424. The van der Waals surface area contributed by atoms with Crippen LogP contribution in [0.4, 0.5) is 0 Å². The molecule has 2 aromatic carbocycles. The van der Waals surface area contributed by atoms with Gasteiger partial charge >= 0.3 is 0 Å². The van der Waals surface area contributed by atoms with Crippen LogP contribution >= 0.6 is 15.9 Å². The summed E-state index contributed by atoms with van der Waals surface area (Å²) in [5, 5.41) is 2.22. The van der Waals surface area contributed by atoms with Gasteiger partial charge in [-0.15, -0.1) is 0 Å². The predicted molar refractivity (Wildman–Crippen MR) is 72.4 cm³/mol. The van der Waals surface area contributed by atoms with Crippen molar-refractivity contribution >= 4 is 32.5 Å². The number of carbonyl (C=O) groups is 1. The first-order valence-corrected chi connectivity index (χ1v) is 6.23. The summed E-state index contributed by atoms with van der Waals surface area (Å²) in [5.74, 6) is 0.719. The molecule has 0 aliphatic carbocycles. The van der Waals surface area contributed by atoms with Crippen LogP contribution in [0.5, 0.6) is 5.75 Å². The molecule has 2 aromatic rings. The van der Waals surface area contributed by atoms with Crippen molar-refractivity contribution in [3.05, 3.63) is 40.9 Å². The molecule has 0 aliphatic heterocycles. The number of carbonyl (C=O) groups excluding carboxylic acids is 1. The lowest BCUT2D eigenvalue weighted by atomic mass is 10.1. The van der Waals surface area contributed by atoms with Crippen molar-refractivity contribution in [1.82, 2.24) is 0 Å². The van der Waals surface area contributed by atoms with Gasteiger partial charge in [0.1, 0.15) is 5.75 Å². The van der Waals surface area contributed by atoms with E-state index in [1.807, 2.05) is 36.4 Å². The molecule has 2 rings (SSSR count). The Morgan fingerprint density at radius 1 is 1.24 bits per heavy atom. The van der Waals surface area contributed by atoms with Gasteiger partial charge in [-0.3, -0.25) is 4.79 Å². The van der Waals surface area contributed by atoms with E-state index < -0.39 is 6.10 Å². The molecule has 0 aromatic heterocycles. The predicted octanol–water partition coefficient (Wildman–Crippen LogP) is 3.96.